The summed E-state index contributed by atoms with van der Waals surface area (Å²) < 4.78 is 5.49. The van der Waals surface area contributed by atoms with E-state index in [1.165, 1.54) is 0 Å². The molecule has 0 fully saturated rings. The summed E-state index contributed by atoms with van der Waals surface area (Å²) in [6.45, 7) is 7.67. The van der Waals surface area contributed by atoms with Gasteiger partial charge in [-0.2, -0.15) is 0 Å². The lowest BCUT2D eigenvalue weighted by molar-refractivity contribution is 0.0748. The van der Waals surface area contributed by atoms with E-state index in [0.717, 1.165) is 24.3 Å². The number of nitrogens with zero attached hydrogens (tertiary/aromatic N) is 1. The van der Waals surface area contributed by atoms with Crippen LogP contribution >= 0.6 is 0 Å². The molecular weight excluding hydrogens is 214 g/mol. The van der Waals surface area contributed by atoms with Crippen molar-refractivity contribution in [2.24, 2.45) is 5.92 Å². The van der Waals surface area contributed by atoms with Gasteiger partial charge in [-0.1, -0.05) is 19.9 Å². The second-order valence-electron chi connectivity index (χ2n) is 4.80. The Bertz CT molecular complexity index is 326. The van der Waals surface area contributed by atoms with Crippen LogP contribution < -0.4 is 0 Å². The first-order chi connectivity index (χ1) is 8.11. The van der Waals surface area contributed by atoms with Crippen molar-refractivity contribution in [1.29, 1.82) is 0 Å². The van der Waals surface area contributed by atoms with Crippen molar-refractivity contribution >= 4 is 0 Å². The Morgan fingerprint density at radius 1 is 1.29 bits per heavy atom. The number of aliphatic hydroxyl groups is 1. The van der Waals surface area contributed by atoms with E-state index in [-0.39, 0.29) is 0 Å². The number of hydrogen-bond acceptors (Lipinski definition) is 3. The minimum atomic E-state index is -0.518. The average molecular weight is 237 g/mol. The van der Waals surface area contributed by atoms with E-state index in [0.29, 0.717) is 18.9 Å². The van der Waals surface area contributed by atoms with Crippen LogP contribution in [0.2, 0.25) is 0 Å². The molecule has 1 N–H and O–H groups in total. The van der Waals surface area contributed by atoms with Gasteiger partial charge in [-0.25, -0.2) is 0 Å². The van der Waals surface area contributed by atoms with Crippen molar-refractivity contribution in [1.82, 2.24) is 4.98 Å². The van der Waals surface area contributed by atoms with Crippen molar-refractivity contribution in [2.75, 3.05) is 13.2 Å². The summed E-state index contributed by atoms with van der Waals surface area (Å²) >= 11 is 0. The maximum atomic E-state index is 9.97. The van der Waals surface area contributed by atoms with Crippen LogP contribution in [0.4, 0.5) is 0 Å². The van der Waals surface area contributed by atoms with E-state index >= 15 is 0 Å². The van der Waals surface area contributed by atoms with Crippen LogP contribution in [0.25, 0.3) is 0 Å². The molecule has 0 aromatic carbocycles. The van der Waals surface area contributed by atoms with E-state index in [4.69, 9.17) is 4.74 Å². The fourth-order valence-electron chi connectivity index (χ4n) is 1.60. The van der Waals surface area contributed by atoms with Crippen LogP contribution in [0, 0.1) is 12.8 Å². The average Bonchev–Trinajstić information content (AvgIpc) is 2.28. The van der Waals surface area contributed by atoms with Crippen LogP contribution in [0.15, 0.2) is 18.3 Å². The summed E-state index contributed by atoms with van der Waals surface area (Å²) in [6.07, 6.45) is 2.87. The second kappa shape index (κ2) is 7.41. The number of aromatic nitrogens is 1. The zero-order valence-corrected chi connectivity index (χ0v) is 11.0. The highest BCUT2D eigenvalue weighted by Gasteiger charge is 2.11. The first kappa shape index (κ1) is 14.1. The largest absolute Gasteiger partial charge is 0.387 e. The SMILES string of the molecule is Cc1cccnc1C(O)CCOCCC(C)C. The van der Waals surface area contributed by atoms with E-state index in [9.17, 15) is 5.11 Å². The standard InChI is InChI=1S/C14H23NO2/c1-11(2)6-9-17-10-7-13(16)14-12(3)5-4-8-15-14/h4-5,8,11,13,16H,6-7,9-10H2,1-3H3. The number of pyridine rings is 1. The van der Waals surface area contributed by atoms with Crippen molar-refractivity contribution in [3.8, 4) is 0 Å². The quantitative estimate of drug-likeness (QED) is 0.741. The lowest BCUT2D eigenvalue weighted by Crippen LogP contribution is -2.08. The first-order valence-corrected chi connectivity index (χ1v) is 6.28. The van der Waals surface area contributed by atoms with E-state index in [2.05, 4.69) is 18.8 Å². The van der Waals surface area contributed by atoms with Crippen molar-refractivity contribution in [2.45, 2.75) is 39.7 Å². The highest BCUT2D eigenvalue weighted by atomic mass is 16.5. The molecule has 0 aliphatic rings. The van der Waals surface area contributed by atoms with Gasteiger partial charge >= 0.3 is 0 Å². The van der Waals surface area contributed by atoms with Gasteiger partial charge in [0.25, 0.3) is 0 Å². The number of hydrogen-bond donors (Lipinski definition) is 1. The van der Waals surface area contributed by atoms with Gasteiger partial charge in [-0.3, -0.25) is 4.98 Å². The van der Waals surface area contributed by atoms with E-state index in [1.54, 1.807) is 6.20 Å². The van der Waals surface area contributed by atoms with Gasteiger partial charge in [-0.15, -0.1) is 0 Å². The van der Waals surface area contributed by atoms with E-state index in [1.807, 2.05) is 19.1 Å². The highest BCUT2D eigenvalue weighted by Crippen LogP contribution is 2.17. The molecule has 1 aromatic rings. The molecule has 17 heavy (non-hydrogen) atoms. The normalized spacial score (nSPS) is 13.0. The molecule has 1 rings (SSSR count). The fourth-order valence-corrected chi connectivity index (χ4v) is 1.60. The molecule has 0 saturated carbocycles. The van der Waals surface area contributed by atoms with Gasteiger partial charge in [0.2, 0.25) is 0 Å². The van der Waals surface area contributed by atoms with Crippen LogP contribution in [0.3, 0.4) is 0 Å². The third kappa shape index (κ3) is 5.29. The van der Waals surface area contributed by atoms with Crippen LogP contribution in [-0.2, 0) is 4.74 Å². The zero-order chi connectivity index (χ0) is 12.7. The van der Waals surface area contributed by atoms with Crippen molar-refractivity contribution in [3.63, 3.8) is 0 Å². The Morgan fingerprint density at radius 2 is 2.00 bits per heavy atom. The number of aryl methyl sites for hydroxylation is 1. The molecule has 1 heterocycles. The summed E-state index contributed by atoms with van der Waals surface area (Å²) in [5.41, 5.74) is 1.79. The second-order valence-corrected chi connectivity index (χ2v) is 4.80. The predicted octanol–water partition coefficient (Wildman–Crippen LogP) is 2.88. The van der Waals surface area contributed by atoms with E-state index < -0.39 is 6.10 Å². The molecule has 96 valence electrons. The maximum Gasteiger partial charge on any atom is 0.0984 e. The third-order valence-corrected chi connectivity index (χ3v) is 2.74. The monoisotopic (exact) mass is 237 g/mol. The van der Waals surface area contributed by atoms with Crippen LogP contribution in [-0.4, -0.2) is 23.3 Å². The zero-order valence-electron chi connectivity index (χ0n) is 11.0. The minimum absolute atomic E-state index is 0.518. The van der Waals surface area contributed by atoms with Gasteiger partial charge < -0.3 is 9.84 Å². The Morgan fingerprint density at radius 3 is 2.65 bits per heavy atom. The molecule has 1 unspecified atom stereocenters. The summed E-state index contributed by atoms with van der Waals surface area (Å²) in [5.74, 6) is 0.665. The molecule has 1 aromatic heterocycles. The molecule has 0 spiro atoms. The Balaban J connectivity index is 2.26. The lowest BCUT2D eigenvalue weighted by atomic mass is 10.1. The molecule has 3 heteroatoms. The Hall–Kier alpha value is -0.930. The molecule has 0 saturated heterocycles. The van der Waals surface area contributed by atoms with Crippen molar-refractivity contribution < 1.29 is 9.84 Å². The fraction of sp³-hybridized carbons (Fsp3) is 0.643. The molecule has 0 bridgehead atoms. The van der Waals surface area contributed by atoms with Gasteiger partial charge in [0, 0.05) is 25.8 Å². The Kier molecular flexibility index (Phi) is 6.16. The number of aliphatic hydroxyl groups excluding tert-OH is 1. The molecule has 1 atom stereocenters. The molecule has 0 aliphatic heterocycles. The highest BCUT2D eigenvalue weighted by molar-refractivity contribution is 5.19. The predicted molar refractivity (Wildman–Crippen MR) is 68.8 cm³/mol. The van der Waals surface area contributed by atoms with Gasteiger partial charge in [0.05, 0.1) is 11.8 Å². The van der Waals surface area contributed by atoms with Crippen LogP contribution in [0.1, 0.15) is 44.1 Å². The Labute approximate surface area is 104 Å². The van der Waals surface area contributed by atoms with Gasteiger partial charge in [-0.05, 0) is 30.9 Å². The van der Waals surface area contributed by atoms with Gasteiger partial charge in [0.15, 0.2) is 0 Å². The lowest BCUT2D eigenvalue weighted by Gasteiger charge is -2.12. The molecule has 0 radical (unpaired) electrons. The van der Waals surface area contributed by atoms with Crippen molar-refractivity contribution in [3.05, 3.63) is 29.6 Å². The summed E-state index contributed by atoms with van der Waals surface area (Å²) in [5, 5.41) is 9.97. The molecule has 0 amide bonds. The topological polar surface area (TPSA) is 42.4 Å². The van der Waals surface area contributed by atoms with Gasteiger partial charge in [0.1, 0.15) is 0 Å². The summed E-state index contributed by atoms with van der Waals surface area (Å²) in [4.78, 5) is 4.20. The smallest absolute Gasteiger partial charge is 0.0984 e. The number of ether oxygens (including phenoxy) is 1. The van der Waals surface area contributed by atoms with Crippen LogP contribution in [0.5, 0.6) is 0 Å². The molecule has 3 nitrogen and oxygen atoms in total. The molecule has 0 aliphatic carbocycles. The molecular formula is C14H23NO2. The number of rotatable bonds is 7. The third-order valence-electron chi connectivity index (χ3n) is 2.74. The summed E-state index contributed by atoms with van der Waals surface area (Å²) in [6, 6.07) is 3.84. The minimum Gasteiger partial charge on any atom is -0.387 e. The first-order valence-electron chi connectivity index (χ1n) is 6.28. The maximum absolute atomic E-state index is 9.97. The summed E-state index contributed by atoms with van der Waals surface area (Å²) in [7, 11) is 0.